The standard InChI is InChI=1S/C17H20N4O4S/c1-3-20-12(2)18-10-16(20)26(23,24)19-9-8-13(11-19)21-14-6-4-5-7-15(14)25-17(21)22/h4-7,10,13H,3,8-9,11H2,1-2H3. The maximum atomic E-state index is 13.0. The molecule has 0 N–H and O–H groups in total. The number of aryl methyl sites for hydroxylation is 1. The van der Waals surface area contributed by atoms with E-state index >= 15 is 0 Å². The van der Waals surface area contributed by atoms with Gasteiger partial charge in [-0.15, -0.1) is 0 Å². The fourth-order valence-electron chi connectivity index (χ4n) is 3.64. The molecule has 1 aliphatic rings. The van der Waals surface area contributed by atoms with Crippen molar-refractivity contribution in [2.45, 2.75) is 37.9 Å². The molecule has 26 heavy (non-hydrogen) atoms. The first kappa shape index (κ1) is 17.0. The van der Waals surface area contributed by atoms with Crippen LogP contribution in [0.2, 0.25) is 0 Å². The lowest BCUT2D eigenvalue weighted by Crippen LogP contribution is -2.32. The zero-order chi connectivity index (χ0) is 18.5. The minimum Gasteiger partial charge on any atom is -0.408 e. The molecule has 4 rings (SSSR count). The molecule has 2 aromatic heterocycles. The van der Waals surface area contributed by atoms with E-state index in [-0.39, 0.29) is 17.6 Å². The molecule has 8 nitrogen and oxygen atoms in total. The molecule has 1 unspecified atom stereocenters. The van der Waals surface area contributed by atoms with Gasteiger partial charge in [-0.05, 0) is 32.4 Å². The van der Waals surface area contributed by atoms with Crippen molar-refractivity contribution in [3.05, 3.63) is 46.8 Å². The summed E-state index contributed by atoms with van der Waals surface area (Å²) in [6, 6.07) is 6.93. The Labute approximate surface area is 150 Å². The van der Waals surface area contributed by atoms with Crippen LogP contribution in [-0.2, 0) is 16.6 Å². The molecule has 0 aliphatic carbocycles. The molecule has 0 spiro atoms. The number of aromatic nitrogens is 3. The zero-order valence-corrected chi connectivity index (χ0v) is 15.4. The molecule has 1 aromatic carbocycles. The Morgan fingerprint density at radius 2 is 2.08 bits per heavy atom. The summed E-state index contributed by atoms with van der Waals surface area (Å²) in [6.07, 6.45) is 1.96. The van der Waals surface area contributed by atoms with Gasteiger partial charge in [0.1, 0.15) is 5.82 Å². The number of sulfonamides is 1. The van der Waals surface area contributed by atoms with E-state index in [1.807, 2.05) is 19.1 Å². The molecule has 1 atom stereocenters. The van der Waals surface area contributed by atoms with Crippen LogP contribution in [0.15, 0.2) is 44.7 Å². The minimum absolute atomic E-state index is 0.197. The molecule has 3 aromatic rings. The van der Waals surface area contributed by atoms with Crippen LogP contribution in [-0.4, -0.2) is 39.9 Å². The molecule has 9 heteroatoms. The molecule has 138 valence electrons. The van der Waals surface area contributed by atoms with Gasteiger partial charge in [0.25, 0.3) is 10.0 Å². The third-order valence-corrected chi connectivity index (χ3v) is 6.81. The Morgan fingerprint density at radius 1 is 1.31 bits per heavy atom. The topological polar surface area (TPSA) is 90.3 Å². The van der Waals surface area contributed by atoms with Crippen LogP contribution >= 0.6 is 0 Å². The lowest BCUT2D eigenvalue weighted by atomic mass is 10.2. The van der Waals surface area contributed by atoms with Crippen molar-refractivity contribution in [3.8, 4) is 0 Å². The maximum absolute atomic E-state index is 13.0. The molecule has 0 saturated carbocycles. The molecule has 1 fully saturated rings. The van der Waals surface area contributed by atoms with Crippen LogP contribution in [0.25, 0.3) is 11.1 Å². The van der Waals surface area contributed by atoms with Gasteiger partial charge in [0.15, 0.2) is 10.6 Å². The molecule has 1 saturated heterocycles. The van der Waals surface area contributed by atoms with Crippen molar-refractivity contribution >= 4 is 21.1 Å². The average Bonchev–Trinajstić information content (AvgIpc) is 3.30. The van der Waals surface area contributed by atoms with E-state index in [2.05, 4.69) is 4.98 Å². The van der Waals surface area contributed by atoms with Gasteiger partial charge in [0, 0.05) is 19.6 Å². The van der Waals surface area contributed by atoms with E-state index < -0.39 is 15.8 Å². The van der Waals surface area contributed by atoms with Crippen molar-refractivity contribution in [2.75, 3.05) is 13.1 Å². The van der Waals surface area contributed by atoms with Gasteiger partial charge in [0.2, 0.25) is 0 Å². The van der Waals surface area contributed by atoms with Gasteiger partial charge >= 0.3 is 5.76 Å². The maximum Gasteiger partial charge on any atom is 0.420 e. The predicted octanol–water partition coefficient (Wildman–Crippen LogP) is 1.76. The minimum atomic E-state index is -3.66. The predicted molar refractivity (Wildman–Crippen MR) is 95.5 cm³/mol. The quantitative estimate of drug-likeness (QED) is 0.692. The van der Waals surface area contributed by atoms with Crippen LogP contribution < -0.4 is 5.76 Å². The molecular weight excluding hydrogens is 356 g/mol. The van der Waals surface area contributed by atoms with Gasteiger partial charge in [-0.3, -0.25) is 4.57 Å². The van der Waals surface area contributed by atoms with Gasteiger partial charge in [0.05, 0.1) is 17.8 Å². The van der Waals surface area contributed by atoms with E-state index in [0.29, 0.717) is 36.4 Å². The van der Waals surface area contributed by atoms with Crippen molar-refractivity contribution in [1.82, 2.24) is 18.4 Å². The third-order valence-electron chi connectivity index (χ3n) is 4.95. The van der Waals surface area contributed by atoms with Crippen LogP contribution in [0.4, 0.5) is 0 Å². The Kier molecular flexibility index (Phi) is 4.00. The number of imidazole rings is 1. The van der Waals surface area contributed by atoms with Gasteiger partial charge in [-0.1, -0.05) is 12.1 Å². The summed E-state index contributed by atoms with van der Waals surface area (Å²) in [5, 5.41) is 0.197. The second-order valence-corrected chi connectivity index (χ2v) is 8.28. The summed E-state index contributed by atoms with van der Waals surface area (Å²) >= 11 is 0. The second kappa shape index (κ2) is 6.10. The average molecular weight is 376 g/mol. The van der Waals surface area contributed by atoms with Crippen LogP contribution in [0.3, 0.4) is 0 Å². The fourth-order valence-corrected chi connectivity index (χ4v) is 5.34. The first-order chi connectivity index (χ1) is 12.4. The van der Waals surface area contributed by atoms with Crippen molar-refractivity contribution in [2.24, 2.45) is 0 Å². The lowest BCUT2D eigenvalue weighted by molar-refractivity contribution is 0.424. The number of nitrogens with zero attached hydrogens (tertiary/aromatic N) is 4. The highest BCUT2D eigenvalue weighted by Crippen LogP contribution is 2.29. The number of oxazole rings is 1. The highest BCUT2D eigenvalue weighted by Gasteiger charge is 2.36. The van der Waals surface area contributed by atoms with Crippen LogP contribution in [0, 0.1) is 6.92 Å². The summed E-state index contributed by atoms with van der Waals surface area (Å²) in [4.78, 5) is 16.4. The first-order valence-corrected chi connectivity index (χ1v) is 10.00. The molecule has 3 heterocycles. The summed E-state index contributed by atoms with van der Waals surface area (Å²) in [6.45, 7) is 4.79. The van der Waals surface area contributed by atoms with Gasteiger partial charge < -0.3 is 8.98 Å². The largest absolute Gasteiger partial charge is 0.420 e. The van der Waals surface area contributed by atoms with Gasteiger partial charge in [-0.2, -0.15) is 4.31 Å². The summed E-state index contributed by atoms with van der Waals surface area (Å²) < 4.78 is 36.0. The normalized spacial score (nSPS) is 18.8. The second-order valence-electron chi connectivity index (χ2n) is 6.40. The zero-order valence-electron chi connectivity index (χ0n) is 14.6. The van der Waals surface area contributed by atoms with E-state index in [1.54, 1.807) is 28.2 Å². The number of para-hydroxylation sites is 2. The van der Waals surface area contributed by atoms with Crippen LogP contribution in [0.1, 0.15) is 25.2 Å². The van der Waals surface area contributed by atoms with Crippen molar-refractivity contribution in [3.63, 3.8) is 0 Å². The Morgan fingerprint density at radius 3 is 2.85 bits per heavy atom. The summed E-state index contributed by atoms with van der Waals surface area (Å²) in [5.41, 5.74) is 1.20. The van der Waals surface area contributed by atoms with Crippen LogP contribution in [0.5, 0.6) is 0 Å². The molecule has 0 amide bonds. The number of rotatable bonds is 4. The highest BCUT2D eigenvalue weighted by atomic mass is 32.2. The molecule has 0 bridgehead atoms. The number of hydrogen-bond acceptors (Lipinski definition) is 5. The van der Waals surface area contributed by atoms with E-state index in [4.69, 9.17) is 4.42 Å². The number of fused-ring (bicyclic) bond motifs is 1. The fraction of sp³-hybridized carbons (Fsp3) is 0.412. The summed E-state index contributed by atoms with van der Waals surface area (Å²) in [5.74, 6) is 0.212. The first-order valence-electron chi connectivity index (χ1n) is 8.56. The number of benzene rings is 1. The van der Waals surface area contributed by atoms with Crippen molar-refractivity contribution in [1.29, 1.82) is 0 Å². The molecule has 1 aliphatic heterocycles. The SMILES string of the molecule is CCn1c(S(=O)(=O)N2CCC(n3c(=O)oc4ccccc43)C2)cnc1C. The van der Waals surface area contributed by atoms with Gasteiger partial charge in [-0.25, -0.2) is 18.2 Å². The summed E-state index contributed by atoms with van der Waals surface area (Å²) in [7, 11) is -3.66. The highest BCUT2D eigenvalue weighted by molar-refractivity contribution is 7.89. The monoisotopic (exact) mass is 376 g/mol. The third kappa shape index (κ3) is 2.50. The lowest BCUT2D eigenvalue weighted by Gasteiger charge is -2.18. The Bertz CT molecular complexity index is 1130. The Balaban J connectivity index is 1.68. The smallest absolute Gasteiger partial charge is 0.408 e. The number of hydrogen-bond donors (Lipinski definition) is 0. The van der Waals surface area contributed by atoms with E-state index in [9.17, 15) is 13.2 Å². The Hall–Kier alpha value is -2.39. The van der Waals surface area contributed by atoms with Crippen molar-refractivity contribution < 1.29 is 12.8 Å². The van der Waals surface area contributed by atoms with E-state index in [0.717, 1.165) is 0 Å². The molecule has 0 radical (unpaired) electrons. The van der Waals surface area contributed by atoms with E-state index in [1.165, 1.54) is 10.5 Å². The molecular formula is C17H20N4O4S.